The molecule has 2 atom stereocenters. The number of hydrogen-bond donors (Lipinski definition) is 2. The Kier molecular flexibility index (Phi) is 1.24. The van der Waals surface area contributed by atoms with Crippen molar-refractivity contribution in [2.75, 3.05) is 0 Å². The highest BCUT2D eigenvalue weighted by Crippen LogP contribution is 2.45. The number of aliphatic carboxylic acids is 1. The van der Waals surface area contributed by atoms with Crippen molar-refractivity contribution in [3.63, 3.8) is 0 Å². The first-order valence-electron chi connectivity index (χ1n) is 3.07. The van der Waals surface area contributed by atoms with Crippen LogP contribution in [0.3, 0.4) is 0 Å². The molecule has 1 saturated carbocycles. The van der Waals surface area contributed by atoms with E-state index < -0.39 is 11.6 Å². The van der Waals surface area contributed by atoms with Gasteiger partial charge in [0.2, 0.25) is 0 Å². The quantitative estimate of drug-likeness (QED) is 0.562. The van der Waals surface area contributed by atoms with Gasteiger partial charge in [0.25, 0.3) is 0 Å². The number of hydrogen-bond acceptors (Lipinski definition) is 2. The van der Waals surface area contributed by atoms with Gasteiger partial charge in [-0.1, -0.05) is 6.92 Å². The number of carboxylic acid groups (broad SMARTS) is 1. The van der Waals surface area contributed by atoms with E-state index >= 15 is 0 Å². The van der Waals surface area contributed by atoms with Crippen LogP contribution in [0.25, 0.3) is 0 Å². The summed E-state index contributed by atoms with van der Waals surface area (Å²) in [6, 6.07) is 0. The Morgan fingerprint density at radius 2 is 2.44 bits per heavy atom. The second-order valence-electron chi connectivity index (χ2n) is 2.54. The van der Waals surface area contributed by atoms with Crippen LogP contribution in [-0.2, 0) is 4.79 Å². The summed E-state index contributed by atoms with van der Waals surface area (Å²) in [6.45, 7) is 1.88. The Morgan fingerprint density at radius 1 is 1.89 bits per heavy atom. The van der Waals surface area contributed by atoms with Crippen LogP contribution in [0.2, 0.25) is 0 Å². The van der Waals surface area contributed by atoms with Crippen LogP contribution >= 0.6 is 0 Å². The maximum Gasteiger partial charge on any atom is 0.335 e. The van der Waals surface area contributed by atoms with E-state index in [-0.39, 0.29) is 5.92 Å². The minimum absolute atomic E-state index is 0.00463. The lowest BCUT2D eigenvalue weighted by Gasteiger charge is -1.99. The monoisotopic (exact) mass is 130 g/mol. The molecular formula is C6H10O3. The maximum absolute atomic E-state index is 10.2. The third-order valence-corrected chi connectivity index (χ3v) is 1.94. The molecule has 1 aliphatic carbocycles. The predicted molar refractivity (Wildman–Crippen MR) is 31.0 cm³/mol. The predicted octanol–water partition coefficient (Wildman–Crippen LogP) is 0.232. The molecule has 3 heteroatoms. The molecule has 3 nitrogen and oxygen atoms in total. The van der Waals surface area contributed by atoms with Crippen molar-refractivity contribution in [1.29, 1.82) is 0 Å². The van der Waals surface area contributed by atoms with Crippen molar-refractivity contribution < 1.29 is 15.0 Å². The van der Waals surface area contributed by atoms with E-state index in [0.717, 1.165) is 6.42 Å². The Balaban J connectivity index is 2.52. The Morgan fingerprint density at radius 3 is 2.56 bits per heavy atom. The van der Waals surface area contributed by atoms with Crippen LogP contribution in [0.15, 0.2) is 0 Å². The zero-order valence-corrected chi connectivity index (χ0v) is 5.29. The molecule has 1 rings (SSSR count). The zero-order valence-electron chi connectivity index (χ0n) is 5.29. The van der Waals surface area contributed by atoms with Gasteiger partial charge < -0.3 is 10.2 Å². The van der Waals surface area contributed by atoms with Crippen molar-refractivity contribution in [2.45, 2.75) is 25.4 Å². The SMILES string of the molecule is CCC1CC1(O)C(=O)O. The van der Waals surface area contributed by atoms with Gasteiger partial charge in [0.1, 0.15) is 0 Å². The van der Waals surface area contributed by atoms with Crippen molar-refractivity contribution in [3.8, 4) is 0 Å². The number of carbonyl (C=O) groups is 1. The summed E-state index contributed by atoms with van der Waals surface area (Å²) in [5.74, 6) is -1.08. The number of aliphatic hydroxyl groups is 1. The van der Waals surface area contributed by atoms with Crippen LogP contribution in [0.4, 0.5) is 0 Å². The molecule has 0 saturated heterocycles. The summed E-state index contributed by atoms with van der Waals surface area (Å²) in [4.78, 5) is 10.2. The highest BCUT2D eigenvalue weighted by molar-refractivity contribution is 5.81. The molecule has 0 aromatic rings. The molecule has 0 bridgehead atoms. The first-order valence-corrected chi connectivity index (χ1v) is 3.07. The van der Waals surface area contributed by atoms with Gasteiger partial charge in [0.05, 0.1) is 0 Å². The third kappa shape index (κ3) is 0.812. The molecule has 52 valence electrons. The smallest absolute Gasteiger partial charge is 0.335 e. The van der Waals surface area contributed by atoms with E-state index in [1.807, 2.05) is 6.92 Å². The molecular weight excluding hydrogens is 120 g/mol. The molecule has 0 radical (unpaired) electrons. The fourth-order valence-corrected chi connectivity index (χ4v) is 1.06. The topological polar surface area (TPSA) is 57.5 Å². The van der Waals surface area contributed by atoms with Gasteiger partial charge in [0.15, 0.2) is 5.60 Å². The van der Waals surface area contributed by atoms with Crippen LogP contribution in [-0.4, -0.2) is 21.8 Å². The summed E-state index contributed by atoms with van der Waals surface area (Å²) in [6.07, 6.45) is 1.18. The number of rotatable bonds is 2. The summed E-state index contributed by atoms with van der Waals surface area (Å²) in [7, 11) is 0. The molecule has 2 unspecified atom stereocenters. The van der Waals surface area contributed by atoms with Crippen LogP contribution in [0.5, 0.6) is 0 Å². The Hall–Kier alpha value is -0.570. The largest absolute Gasteiger partial charge is 0.479 e. The van der Waals surface area contributed by atoms with Gasteiger partial charge in [-0.05, 0) is 12.8 Å². The van der Waals surface area contributed by atoms with Crippen molar-refractivity contribution in [3.05, 3.63) is 0 Å². The van der Waals surface area contributed by atoms with Crippen LogP contribution in [0.1, 0.15) is 19.8 Å². The van der Waals surface area contributed by atoms with E-state index in [9.17, 15) is 4.79 Å². The Labute approximate surface area is 53.3 Å². The molecule has 1 fully saturated rings. The molecule has 0 amide bonds. The summed E-state index contributed by atoms with van der Waals surface area (Å²) in [5.41, 5.74) is -1.37. The van der Waals surface area contributed by atoms with E-state index in [1.165, 1.54) is 0 Å². The average molecular weight is 130 g/mol. The molecule has 0 heterocycles. The van der Waals surface area contributed by atoms with Crippen molar-refractivity contribution >= 4 is 5.97 Å². The highest BCUT2D eigenvalue weighted by Gasteiger charge is 2.58. The van der Waals surface area contributed by atoms with Gasteiger partial charge in [-0.2, -0.15) is 0 Å². The fraction of sp³-hybridized carbons (Fsp3) is 0.833. The first kappa shape index (κ1) is 6.55. The molecule has 1 aliphatic rings. The number of carboxylic acids is 1. The molecule has 9 heavy (non-hydrogen) atoms. The lowest BCUT2D eigenvalue weighted by molar-refractivity contribution is -0.150. The molecule has 0 aromatic heterocycles. The summed E-state index contributed by atoms with van der Waals surface area (Å²) < 4.78 is 0. The van der Waals surface area contributed by atoms with E-state index in [4.69, 9.17) is 10.2 Å². The van der Waals surface area contributed by atoms with Gasteiger partial charge in [-0.15, -0.1) is 0 Å². The lowest BCUT2D eigenvalue weighted by atomic mass is 10.2. The van der Waals surface area contributed by atoms with Crippen molar-refractivity contribution in [2.24, 2.45) is 5.92 Å². The summed E-state index contributed by atoms with van der Waals surface area (Å²) >= 11 is 0. The normalized spacial score (nSPS) is 40.4. The summed E-state index contributed by atoms with van der Waals surface area (Å²) in [5, 5.41) is 17.4. The third-order valence-electron chi connectivity index (χ3n) is 1.94. The zero-order chi connectivity index (χ0) is 7.07. The molecule has 2 N–H and O–H groups in total. The van der Waals surface area contributed by atoms with Crippen LogP contribution < -0.4 is 0 Å². The van der Waals surface area contributed by atoms with Gasteiger partial charge in [-0.25, -0.2) is 4.79 Å². The van der Waals surface area contributed by atoms with Gasteiger partial charge >= 0.3 is 5.97 Å². The molecule has 0 aromatic carbocycles. The molecule has 0 spiro atoms. The second-order valence-corrected chi connectivity index (χ2v) is 2.54. The molecule has 0 aliphatic heterocycles. The standard InChI is InChI=1S/C6H10O3/c1-2-4-3-6(4,9)5(7)8/h4,9H,2-3H2,1H3,(H,7,8). The van der Waals surface area contributed by atoms with Crippen LogP contribution in [0, 0.1) is 5.92 Å². The maximum atomic E-state index is 10.2. The van der Waals surface area contributed by atoms with E-state index in [2.05, 4.69) is 0 Å². The fourth-order valence-electron chi connectivity index (χ4n) is 1.06. The van der Waals surface area contributed by atoms with Gasteiger partial charge in [0, 0.05) is 5.92 Å². The first-order chi connectivity index (χ1) is 4.11. The van der Waals surface area contributed by atoms with Gasteiger partial charge in [-0.3, -0.25) is 0 Å². The second kappa shape index (κ2) is 1.70. The minimum atomic E-state index is -1.37. The van der Waals surface area contributed by atoms with E-state index in [0.29, 0.717) is 6.42 Å². The average Bonchev–Trinajstić information content (AvgIpc) is 2.44. The van der Waals surface area contributed by atoms with E-state index in [1.54, 1.807) is 0 Å². The minimum Gasteiger partial charge on any atom is -0.479 e. The van der Waals surface area contributed by atoms with Crippen molar-refractivity contribution in [1.82, 2.24) is 0 Å². The lowest BCUT2D eigenvalue weighted by Crippen LogP contribution is -2.23. The highest BCUT2D eigenvalue weighted by atomic mass is 16.4. The Bertz CT molecular complexity index is 143.